The van der Waals surface area contributed by atoms with Gasteiger partial charge in [-0.1, -0.05) is 6.07 Å². The molecule has 0 radical (unpaired) electrons. The number of hydrogen-bond acceptors (Lipinski definition) is 3. The molecule has 86 valence electrons. The van der Waals surface area contributed by atoms with Crippen LogP contribution >= 0.6 is 0 Å². The highest BCUT2D eigenvalue weighted by Crippen LogP contribution is 2.18. The third kappa shape index (κ3) is 2.73. The van der Waals surface area contributed by atoms with Crippen LogP contribution in [0.3, 0.4) is 0 Å². The van der Waals surface area contributed by atoms with E-state index in [9.17, 15) is 9.59 Å². The maximum absolute atomic E-state index is 11.1. The van der Waals surface area contributed by atoms with E-state index < -0.39 is 17.9 Å². The topological polar surface area (TPSA) is 92.4 Å². The molecule has 0 spiro atoms. The number of benzene rings is 1. The predicted octanol–water partition coefficient (Wildman–Crippen LogP) is 0.979. The quantitative estimate of drug-likeness (QED) is 0.708. The minimum absolute atomic E-state index is 0.290. The van der Waals surface area contributed by atoms with Crippen LogP contribution in [0.1, 0.15) is 22.8 Å². The van der Waals surface area contributed by atoms with Crippen molar-refractivity contribution in [2.45, 2.75) is 19.9 Å². The average molecular weight is 222 g/mol. The molecule has 5 nitrogen and oxygen atoms in total. The van der Waals surface area contributed by atoms with Crippen molar-refractivity contribution in [2.24, 2.45) is 5.73 Å². The summed E-state index contributed by atoms with van der Waals surface area (Å²) in [7, 11) is 0. The second-order valence-electron chi connectivity index (χ2n) is 3.62. The number of amides is 1. The standard InChI is InChI=1S/C11H14N2O3/c1-6-3-4-8(10(12)14)9(5-6)13-7(2)11(15)16/h3-5,7,13H,1-2H3,(H2,12,14)(H,15,16). The van der Waals surface area contributed by atoms with Crippen molar-refractivity contribution >= 4 is 17.6 Å². The van der Waals surface area contributed by atoms with Gasteiger partial charge in [0.15, 0.2) is 0 Å². The Bertz CT molecular complexity index is 429. The molecule has 0 aliphatic rings. The van der Waals surface area contributed by atoms with Crippen molar-refractivity contribution < 1.29 is 14.7 Å². The fourth-order valence-electron chi connectivity index (χ4n) is 1.29. The van der Waals surface area contributed by atoms with Gasteiger partial charge in [-0.15, -0.1) is 0 Å². The molecule has 1 rings (SSSR count). The molecule has 1 unspecified atom stereocenters. The monoisotopic (exact) mass is 222 g/mol. The Hall–Kier alpha value is -2.04. The number of carbonyl (C=O) groups is 2. The van der Waals surface area contributed by atoms with Crippen LogP contribution in [-0.4, -0.2) is 23.0 Å². The summed E-state index contributed by atoms with van der Waals surface area (Å²) in [5.41, 5.74) is 6.85. The summed E-state index contributed by atoms with van der Waals surface area (Å²) in [6.07, 6.45) is 0. The molecule has 0 fully saturated rings. The van der Waals surface area contributed by atoms with Crippen molar-refractivity contribution in [1.29, 1.82) is 0 Å². The number of hydrogen-bond donors (Lipinski definition) is 3. The first-order valence-corrected chi connectivity index (χ1v) is 4.81. The molecule has 1 atom stereocenters. The zero-order chi connectivity index (χ0) is 12.3. The lowest BCUT2D eigenvalue weighted by atomic mass is 10.1. The number of primary amides is 1. The van der Waals surface area contributed by atoms with Crippen LogP contribution in [0.5, 0.6) is 0 Å². The number of rotatable bonds is 4. The van der Waals surface area contributed by atoms with E-state index in [0.29, 0.717) is 11.3 Å². The number of nitrogens with one attached hydrogen (secondary N) is 1. The van der Waals surface area contributed by atoms with E-state index >= 15 is 0 Å². The van der Waals surface area contributed by atoms with Gasteiger partial charge < -0.3 is 16.2 Å². The Labute approximate surface area is 93.3 Å². The lowest BCUT2D eigenvalue weighted by molar-refractivity contribution is -0.137. The largest absolute Gasteiger partial charge is 0.480 e. The molecule has 1 amide bonds. The Kier molecular flexibility index (Phi) is 3.50. The lowest BCUT2D eigenvalue weighted by Gasteiger charge is -2.14. The van der Waals surface area contributed by atoms with Crippen molar-refractivity contribution in [1.82, 2.24) is 0 Å². The summed E-state index contributed by atoms with van der Waals surface area (Å²) >= 11 is 0. The van der Waals surface area contributed by atoms with Gasteiger partial charge in [-0.25, -0.2) is 0 Å². The number of aliphatic carboxylic acids is 1. The van der Waals surface area contributed by atoms with Gasteiger partial charge in [-0.2, -0.15) is 0 Å². The predicted molar refractivity (Wildman–Crippen MR) is 60.4 cm³/mol. The highest BCUT2D eigenvalue weighted by atomic mass is 16.4. The smallest absolute Gasteiger partial charge is 0.325 e. The van der Waals surface area contributed by atoms with E-state index in [1.807, 2.05) is 6.92 Å². The first-order chi connectivity index (χ1) is 7.41. The van der Waals surface area contributed by atoms with Gasteiger partial charge in [0.05, 0.1) is 5.56 Å². The van der Waals surface area contributed by atoms with Crippen LogP contribution in [0.25, 0.3) is 0 Å². The van der Waals surface area contributed by atoms with Gasteiger partial charge in [-0.05, 0) is 31.5 Å². The summed E-state index contributed by atoms with van der Waals surface area (Å²) in [4.78, 5) is 21.8. The molecule has 0 saturated carbocycles. The third-order valence-electron chi connectivity index (χ3n) is 2.18. The van der Waals surface area contributed by atoms with Crippen LogP contribution in [-0.2, 0) is 4.79 Å². The third-order valence-corrected chi connectivity index (χ3v) is 2.18. The molecular weight excluding hydrogens is 208 g/mol. The Morgan fingerprint density at radius 2 is 2.06 bits per heavy atom. The molecule has 1 aromatic rings. The normalized spacial score (nSPS) is 11.9. The molecule has 0 saturated heterocycles. The summed E-state index contributed by atoms with van der Waals surface area (Å²) < 4.78 is 0. The van der Waals surface area contributed by atoms with E-state index in [-0.39, 0.29) is 0 Å². The van der Waals surface area contributed by atoms with Crippen LogP contribution < -0.4 is 11.1 Å². The van der Waals surface area contributed by atoms with Crippen molar-refractivity contribution in [3.8, 4) is 0 Å². The molecule has 4 N–H and O–H groups in total. The highest BCUT2D eigenvalue weighted by molar-refractivity contribution is 5.99. The number of nitrogens with two attached hydrogens (primary N) is 1. The zero-order valence-corrected chi connectivity index (χ0v) is 9.15. The lowest BCUT2D eigenvalue weighted by Crippen LogP contribution is -2.27. The molecule has 0 heterocycles. The molecule has 16 heavy (non-hydrogen) atoms. The van der Waals surface area contributed by atoms with Crippen LogP contribution in [0.2, 0.25) is 0 Å². The number of carboxylic acids is 1. The summed E-state index contributed by atoms with van der Waals surface area (Å²) in [5, 5.41) is 11.5. The van der Waals surface area contributed by atoms with Crippen LogP contribution in [0.15, 0.2) is 18.2 Å². The van der Waals surface area contributed by atoms with Gasteiger partial charge in [0.25, 0.3) is 5.91 Å². The molecule has 0 aliphatic carbocycles. The maximum Gasteiger partial charge on any atom is 0.325 e. The fourth-order valence-corrected chi connectivity index (χ4v) is 1.29. The average Bonchev–Trinajstić information content (AvgIpc) is 2.16. The van der Waals surface area contributed by atoms with E-state index in [0.717, 1.165) is 5.56 Å². The molecule has 0 aliphatic heterocycles. The molecule has 1 aromatic carbocycles. The van der Waals surface area contributed by atoms with Crippen molar-refractivity contribution in [3.05, 3.63) is 29.3 Å². The van der Waals surface area contributed by atoms with E-state index in [4.69, 9.17) is 10.8 Å². The SMILES string of the molecule is Cc1ccc(C(N)=O)c(NC(C)C(=O)O)c1. The number of carboxylic acid groups (broad SMARTS) is 1. The van der Waals surface area contributed by atoms with Gasteiger partial charge in [-0.3, -0.25) is 9.59 Å². The van der Waals surface area contributed by atoms with Crippen LogP contribution in [0, 0.1) is 6.92 Å². The molecule has 0 aromatic heterocycles. The second-order valence-corrected chi connectivity index (χ2v) is 3.62. The maximum atomic E-state index is 11.1. The highest BCUT2D eigenvalue weighted by Gasteiger charge is 2.14. The van der Waals surface area contributed by atoms with Gasteiger partial charge >= 0.3 is 5.97 Å². The second kappa shape index (κ2) is 4.65. The van der Waals surface area contributed by atoms with Gasteiger partial charge in [0.1, 0.15) is 6.04 Å². The van der Waals surface area contributed by atoms with E-state index in [1.54, 1.807) is 18.2 Å². The summed E-state index contributed by atoms with van der Waals surface area (Å²) in [6.45, 7) is 3.34. The fraction of sp³-hybridized carbons (Fsp3) is 0.273. The Morgan fingerprint density at radius 3 is 2.56 bits per heavy atom. The van der Waals surface area contributed by atoms with E-state index in [1.165, 1.54) is 6.92 Å². The zero-order valence-electron chi connectivity index (χ0n) is 9.15. The first-order valence-electron chi connectivity index (χ1n) is 4.81. The Morgan fingerprint density at radius 1 is 1.44 bits per heavy atom. The summed E-state index contributed by atoms with van der Waals surface area (Å²) in [5.74, 6) is -1.57. The molecule has 5 heteroatoms. The summed E-state index contributed by atoms with van der Waals surface area (Å²) in [6, 6.07) is 4.24. The van der Waals surface area contributed by atoms with Crippen molar-refractivity contribution in [3.63, 3.8) is 0 Å². The minimum atomic E-state index is -0.989. The van der Waals surface area contributed by atoms with Crippen molar-refractivity contribution in [2.75, 3.05) is 5.32 Å². The number of carbonyl (C=O) groups excluding carboxylic acids is 1. The first kappa shape index (κ1) is 12.0. The molecule has 0 bridgehead atoms. The van der Waals surface area contributed by atoms with Gasteiger partial charge in [0, 0.05) is 5.69 Å². The van der Waals surface area contributed by atoms with Crippen LogP contribution in [0.4, 0.5) is 5.69 Å². The Balaban J connectivity index is 3.05. The number of aryl methyl sites for hydroxylation is 1. The number of anilines is 1. The van der Waals surface area contributed by atoms with Gasteiger partial charge in [0.2, 0.25) is 0 Å². The minimum Gasteiger partial charge on any atom is -0.480 e. The molecular formula is C11H14N2O3. The van der Waals surface area contributed by atoms with E-state index in [2.05, 4.69) is 5.32 Å².